The highest BCUT2D eigenvalue weighted by Crippen LogP contribution is 2.21. The molecule has 0 atom stereocenters. The standard InChI is InChI=1S/C19H17N3O2/c1-2-15-12-17(20-16-10-8-14(9-11-16)19(23)24)22-18(21-15)13-6-4-3-5-7-13/h3-12H,2H2,1H3,(H,23,24)(H,20,21,22). The van der Waals surface area contributed by atoms with E-state index >= 15 is 0 Å². The van der Waals surface area contributed by atoms with Gasteiger partial charge in [-0.05, 0) is 30.7 Å². The van der Waals surface area contributed by atoms with Crippen molar-refractivity contribution in [1.29, 1.82) is 0 Å². The Kier molecular flexibility index (Phi) is 4.52. The van der Waals surface area contributed by atoms with Crippen molar-refractivity contribution in [3.8, 4) is 11.4 Å². The molecular formula is C19H17N3O2. The number of benzene rings is 2. The molecule has 5 nitrogen and oxygen atoms in total. The van der Waals surface area contributed by atoms with Gasteiger partial charge in [0, 0.05) is 23.0 Å². The lowest BCUT2D eigenvalue weighted by molar-refractivity contribution is 0.0697. The van der Waals surface area contributed by atoms with Gasteiger partial charge >= 0.3 is 5.97 Å². The summed E-state index contributed by atoms with van der Waals surface area (Å²) < 4.78 is 0. The lowest BCUT2D eigenvalue weighted by atomic mass is 10.2. The van der Waals surface area contributed by atoms with Crippen molar-refractivity contribution >= 4 is 17.5 Å². The van der Waals surface area contributed by atoms with E-state index in [1.807, 2.05) is 43.3 Å². The van der Waals surface area contributed by atoms with E-state index in [1.54, 1.807) is 24.3 Å². The van der Waals surface area contributed by atoms with Crippen molar-refractivity contribution in [3.63, 3.8) is 0 Å². The minimum atomic E-state index is -0.941. The van der Waals surface area contributed by atoms with Crippen molar-refractivity contribution in [3.05, 3.63) is 71.9 Å². The number of carboxylic acid groups (broad SMARTS) is 1. The summed E-state index contributed by atoms with van der Waals surface area (Å²) in [5.41, 5.74) is 2.92. The maximum Gasteiger partial charge on any atom is 0.335 e. The zero-order valence-corrected chi connectivity index (χ0v) is 13.2. The first kappa shape index (κ1) is 15.7. The molecule has 0 amide bonds. The van der Waals surface area contributed by atoms with Gasteiger partial charge in [0.25, 0.3) is 0 Å². The fraction of sp³-hybridized carbons (Fsp3) is 0.105. The van der Waals surface area contributed by atoms with E-state index in [-0.39, 0.29) is 5.56 Å². The van der Waals surface area contributed by atoms with Crippen LogP contribution in [0.2, 0.25) is 0 Å². The first-order chi connectivity index (χ1) is 11.7. The van der Waals surface area contributed by atoms with Gasteiger partial charge < -0.3 is 10.4 Å². The monoisotopic (exact) mass is 319 g/mol. The molecule has 0 aliphatic heterocycles. The van der Waals surface area contributed by atoms with E-state index in [0.717, 1.165) is 23.4 Å². The maximum atomic E-state index is 10.9. The number of carbonyl (C=O) groups is 1. The van der Waals surface area contributed by atoms with E-state index in [1.165, 1.54) is 0 Å². The Labute approximate surface area is 140 Å². The fourth-order valence-electron chi connectivity index (χ4n) is 2.30. The molecule has 0 aliphatic carbocycles. The highest BCUT2D eigenvalue weighted by molar-refractivity contribution is 5.88. The lowest BCUT2D eigenvalue weighted by Crippen LogP contribution is -2.01. The van der Waals surface area contributed by atoms with Crippen molar-refractivity contribution in [2.75, 3.05) is 5.32 Å². The van der Waals surface area contributed by atoms with Crippen LogP contribution in [0.5, 0.6) is 0 Å². The molecule has 0 saturated heterocycles. The zero-order chi connectivity index (χ0) is 16.9. The normalized spacial score (nSPS) is 10.4. The summed E-state index contributed by atoms with van der Waals surface area (Å²) in [5.74, 6) is 0.409. The SMILES string of the molecule is CCc1cc(Nc2ccc(C(=O)O)cc2)nc(-c2ccccc2)n1. The third kappa shape index (κ3) is 3.57. The second-order valence-corrected chi connectivity index (χ2v) is 5.30. The molecule has 2 N–H and O–H groups in total. The molecule has 5 heteroatoms. The van der Waals surface area contributed by atoms with Gasteiger partial charge in [-0.3, -0.25) is 0 Å². The third-order valence-corrected chi connectivity index (χ3v) is 3.58. The largest absolute Gasteiger partial charge is 0.478 e. The van der Waals surface area contributed by atoms with Gasteiger partial charge in [-0.15, -0.1) is 0 Å². The predicted molar refractivity (Wildman–Crippen MR) is 93.5 cm³/mol. The molecule has 0 saturated carbocycles. The van der Waals surface area contributed by atoms with Crippen LogP contribution in [-0.4, -0.2) is 21.0 Å². The van der Waals surface area contributed by atoms with Crippen LogP contribution in [0.1, 0.15) is 23.0 Å². The lowest BCUT2D eigenvalue weighted by Gasteiger charge is -2.10. The minimum Gasteiger partial charge on any atom is -0.478 e. The zero-order valence-electron chi connectivity index (χ0n) is 13.2. The molecular weight excluding hydrogens is 302 g/mol. The van der Waals surface area contributed by atoms with Gasteiger partial charge in [0.1, 0.15) is 5.82 Å². The number of hydrogen-bond acceptors (Lipinski definition) is 4. The van der Waals surface area contributed by atoms with Crippen LogP contribution >= 0.6 is 0 Å². The third-order valence-electron chi connectivity index (χ3n) is 3.58. The highest BCUT2D eigenvalue weighted by atomic mass is 16.4. The Balaban J connectivity index is 1.91. The number of nitrogens with one attached hydrogen (secondary N) is 1. The number of nitrogens with zero attached hydrogens (tertiary/aromatic N) is 2. The summed E-state index contributed by atoms with van der Waals surface area (Å²) in [4.78, 5) is 20.1. The van der Waals surface area contributed by atoms with E-state index in [9.17, 15) is 4.79 Å². The average Bonchev–Trinajstić information content (AvgIpc) is 2.62. The molecule has 0 unspecified atom stereocenters. The van der Waals surface area contributed by atoms with Crippen LogP contribution in [0.15, 0.2) is 60.7 Å². The van der Waals surface area contributed by atoms with Crippen molar-refractivity contribution < 1.29 is 9.90 Å². The smallest absolute Gasteiger partial charge is 0.335 e. The van der Waals surface area contributed by atoms with Gasteiger partial charge in [0.15, 0.2) is 5.82 Å². The summed E-state index contributed by atoms with van der Waals surface area (Å²) in [5, 5.41) is 12.2. The van der Waals surface area contributed by atoms with Crippen LogP contribution in [0, 0.1) is 0 Å². The Morgan fingerprint density at radius 2 is 1.75 bits per heavy atom. The fourth-order valence-corrected chi connectivity index (χ4v) is 2.30. The number of rotatable bonds is 5. The minimum absolute atomic E-state index is 0.252. The molecule has 0 spiro atoms. The predicted octanol–water partition coefficient (Wildman–Crippen LogP) is 4.15. The van der Waals surface area contributed by atoms with Gasteiger partial charge in [-0.1, -0.05) is 37.3 Å². The molecule has 24 heavy (non-hydrogen) atoms. The number of aromatic nitrogens is 2. The summed E-state index contributed by atoms with van der Waals surface area (Å²) in [6.45, 7) is 2.04. The Morgan fingerprint density at radius 1 is 1.04 bits per heavy atom. The van der Waals surface area contributed by atoms with Gasteiger partial charge in [0.05, 0.1) is 5.56 Å². The highest BCUT2D eigenvalue weighted by Gasteiger charge is 2.07. The van der Waals surface area contributed by atoms with E-state index in [4.69, 9.17) is 5.11 Å². The van der Waals surface area contributed by atoms with Crippen molar-refractivity contribution in [2.45, 2.75) is 13.3 Å². The Morgan fingerprint density at radius 3 is 2.38 bits per heavy atom. The van der Waals surface area contributed by atoms with E-state index in [2.05, 4.69) is 15.3 Å². The number of anilines is 2. The quantitative estimate of drug-likeness (QED) is 0.739. The number of aryl methyl sites for hydroxylation is 1. The average molecular weight is 319 g/mol. The molecule has 1 heterocycles. The van der Waals surface area contributed by atoms with Crippen LogP contribution in [-0.2, 0) is 6.42 Å². The summed E-state index contributed by atoms with van der Waals surface area (Å²) in [7, 11) is 0. The summed E-state index contributed by atoms with van der Waals surface area (Å²) in [6, 6.07) is 18.3. The molecule has 0 radical (unpaired) electrons. The van der Waals surface area contributed by atoms with E-state index in [0.29, 0.717) is 11.6 Å². The summed E-state index contributed by atoms with van der Waals surface area (Å²) in [6.07, 6.45) is 0.801. The van der Waals surface area contributed by atoms with Gasteiger partial charge in [-0.25, -0.2) is 14.8 Å². The van der Waals surface area contributed by atoms with Crippen molar-refractivity contribution in [2.24, 2.45) is 0 Å². The van der Waals surface area contributed by atoms with Crippen molar-refractivity contribution in [1.82, 2.24) is 9.97 Å². The topological polar surface area (TPSA) is 75.1 Å². The molecule has 2 aromatic carbocycles. The first-order valence-electron chi connectivity index (χ1n) is 7.69. The Bertz CT molecular complexity index is 846. The summed E-state index contributed by atoms with van der Waals surface area (Å²) >= 11 is 0. The van der Waals surface area contributed by atoms with Crippen LogP contribution in [0.3, 0.4) is 0 Å². The second-order valence-electron chi connectivity index (χ2n) is 5.30. The molecule has 3 aromatic rings. The number of hydrogen-bond donors (Lipinski definition) is 2. The molecule has 0 aliphatic rings. The molecule has 0 fully saturated rings. The maximum absolute atomic E-state index is 10.9. The van der Waals surface area contributed by atoms with Crippen LogP contribution in [0.4, 0.5) is 11.5 Å². The molecule has 120 valence electrons. The first-order valence-corrected chi connectivity index (χ1v) is 7.69. The second kappa shape index (κ2) is 6.91. The van der Waals surface area contributed by atoms with E-state index < -0.39 is 5.97 Å². The molecule has 0 bridgehead atoms. The van der Waals surface area contributed by atoms with Gasteiger partial charge in [-0.2, -0.15) is 0 Å². The number of carboxylic acids is 1. The van der Waals surface area contributed by atoms with Gasteiger partial charge in [0.2, 0.25) is 0 Å². The van der Waals surface area contributed by atoms with Crippen LogP contribution in [0.25, 0.3) is 11.4 Å². The number of aromatic carboxylic acids is 1. The molecule has 1 aromatic heterocycles. The Hall–Kier alpha value is -3.21. The van der Waals surface area contributed by atoms with Crippen LogP contribution < -0.4 is 5.32 Å². The molecule has 3 rings (SSSR count).